The summed E-state index contributed by atoms with van der Waals surface area (Å²) in [6.45, 7) is 0. The lowest BCUT2D eigenvalue weighted by Gasteiger charge is -2.04. The number of anilines is 1. The molecule has 0 atom stereocenters. The van der Waals surface area contributed by atoms with Crippen LogP contribution in [0.4, 0.5) is 5.69 Å². The molecule has 5 nitrogen and oxygen atoms in total. The number of benzene rings is 1. The molecule has 1 aromatic rings. The van der Waals surface area contributed by atoms with Crippen LogP contribution in [0.2, 0.25) is 0 Å². The first-order valence-corrected chi connectivity index (χ1v) is 3.46. The minimum Gasteiger partial charge on any atom is -0.504 e. The number of esters is 1. The fraction of sp³-hybridized carbons (Fsp3) is 0.125. The minimum absolute atomic E-state index is 0. The van der Waals surface area contributed by atoms with E-state index in [9.17, 15) is 4.79 Å². The number of carbonyl (C=O) groups excluding carboxylic acids is 1. The standard InChI is InChI=1S/C8H9NO4.ClH/c1-13-8(12)4-2-5(9)7(11)6(10)3-4;/h2-3,10-11H,9H2,1H3;1H. The molecule has 0 aliphatic carbocycles. The Labute approximate surface area is 86.5 Å². The van der Waals surface area contributed by atoms with Crippen molar-refractivity contribution in [2.75, 3.05) is 12.8 Å². The summed E-state index contributed by atoms with van der Waals surface area (Å²) in [7, 11) is 1.21. The van der Waals surface area contributed by atoms with E-state index in [0.717, 1.165) is 6.07 Å². The highest BCUT2D eigenvalue weighted by Gasteiger charge is 2.11. The molecule has 0 aliphatic heterocycles. The summed E-state index contributed by atoms with van der Waals surface area (Å²) in [5, 5.41) is 18.1. The highest BCUT2D eigenvalue weighted by Crippen LogP contribution is 2.32. The quantitative estimate of drug-likeness (QED) is 0.371. The molecule has 6 heteroatoms. The van der Waals surface area contributed by atoms with Gasteiger partial charge in [0.1, 0.15) is 0 Å². The van der Waals surface area contributed by atoms with Crippen molar-refractivity contribution in [1.29, 1.82) is 0 Å². The van der Waals surface area contributed by atoms with Crippen molar-refractivity contribution in [1.82, 2.24) is 0 Å². The summed E-state index contributed by atoms with van der Waals surface area (Å²) in [5.74, 6) is -1.50. The highest BCUT2D eigenvalue weighted by atomic mass is 35.5. The van der Waals surface area contributed by atoms with Gasteiger partial charge in [-0.1, -0.05) is 0 Å². The molecule has 0 bridgehead atoms. The van der Waals surface area contributed by atoms with Crippen LogP contribution < -0.4 is 5.73 Å². The van der Waals surface area contributed by atoms with Crippen molar-refractivity contribution in [3.63, 3.8) is 0 Å². The number of aromatic hydroxyl groups is 2. The average molecular weight is 220 g/mol. The van der Waals surface area contributed by atoms with Gasteiger partial charge in [-0.3, -0.25) is 0 Å². The van der Waals surface area contributed by atoms with Crippen molar-refractivity contribution < 1.29 is 19.7 Å². The minimum atomic E-state index is -0.623. The number of halogens is 1. The van der Waals surface area contributed by atoms with Crippen LogP contribution in [0.1, 0.15) is 10.4 Å². The Morgan fingerprint density at radius 1 is 1.43 bits per heavy atom. The van der Waals surface area contributed by atoms with E-state index in [2.05, 4.69) is 4.74 Å². The lowest BCUT2D eigenvalue weighted by molar-refractivity contribution is 0.0600. The number of nitrogen functional groups attached to an aromatic ring is 1. The van der Waals surface area contributed by atoms with E-state index in [4.69, 9.17) is 15.9 Å². The van der Waals surface area contributed by atoms with Crippen LogP contribution in [-0.2, 0) is 4.74 Å². The van der Waals surface area contributed by atoms with Crippen LogP contribution in [0.25, 0.3) is 0 Å². The molecular weight excluding hydrogens is 210 g/mol. The third-order valence-corrected chi connectivity index (χ3v) is 1.54. The number of nitrogens with two attached hydrogens (primary N) is 1. The first kappa shape index (κ1) is 12.4. The molecule has 0 unspecified atom stereocenters. The normalized spacial score (nSPS) is 8.93. The maximum atomic E-state index is 11.0. The molecular formula is C8H10ClNO4. The number of ether oxygens (including phenoxy) is 1. The molecule has 0 amide bonds. The third-order valence-electron chi connectivity index (χ3n) is 1.54. The maximum Gasteiger partial charge on any atom is 0.338 e. The lowest BCUT2D eigenvalue weighted by atomic mass is 10.2. The molecule has 0 aromatic heterocycles. The average Bonchev–Trinajstić information content (AvgIpc) is 2.12. The summed E-state index contributed by atoms with van der Waals surface area (Å²) < 4.78 is 4.40. The van der Waals surface area contributed by atoms with Gasteiger partial charge in [0.25, 0.3) is 0 Å². The number of methoxy groups -OCH3 is 1. The van der Waals surface area contributed by atoms with Crippen LogP contribution in [0, 0.1) is 0 Å². The molecule has 0 fully saturated rings. The number of phenolic OH excluding ortho intramolecular Hbond substituents is 2. The molecule has 1 aromatic carbocycles. The van der Waals surface area contributed by atoms with E-state index in [0.29, 0.717) is 0 Å². The van der Waals surface area contributed by atoms with Crippen LogP contribution in [0.3, 0.4) is 0 Å². The molecule has 0 spiro atoms. The van der Waals surface area contributed by atoms with Crippen molar-refractivity contribution >= 4 is 24.1 Å². The predicted molar refractivity (Wildman–Crippen MR) is 52.8 cm³/mol. The highest BCUT2D eigenvalue weighted by molar-refractivity contribution is 5.91. The SMILES string of the molecule is COC(=O)c1cc(N)c(O)c(O)c1.Cl. The maximum absolute atomic E-state index is 11.0. The van der Waals surface area contributed by atoms with Gasteiger partial charge in [0.05, 0.1) is 18.4 Å². The summed E-state index contributed by atoms with van der Waals surface area (Å²) in [6.07, 6.45) is 0. The largest absolute Gasteiger partial charge is 0.504 e. The topological polar surface area (TPSA) is 92.8 Å². The van der Waals surface area contributed by atoms with Gasteiger partial charge in [-0.25, -0.2) is 4.79 Å². The van der Waals surface area contributed by atoms with Gasteiger partial charge in [0, 0.05) is 0 Å². The Morgan fingerprint density at radius 2 is 2.00 bits per heavy atom. The molecule has 78 valence electrons. The van der Waals surface area contributed by atoms with Gasteiger partial charge in [-0.15, -0.1) is 12.4 Å². The second kappa shape index (κ2) is 4.57. The molecule has 0 aliphatic rings. The van der Waals surface area contributed by atoms with Crippen LogP contribution in [-0.4, -0.2) is 23.3 Å². The van der Waals surface area contributed by atoms with E-state index in [1.165, 1.54) is 13.2 Å². The van der Waals surface area contributed by atoms with Gasteiger partial charge >= 0.3 is 5.97 Å². The van der Waals surface area contributed by atoms with Crippen LogP contribution in [0.5, 0.6) is 11.5 Å². The number of hydrogen-bond acceptors (Lipinski definition) is 5. The summed E-state index contributed by atoms with van der Waals surface area (Å²) in [5.41, 5.74) is 5.32. The smallest absolute Gasteiger partial charge is 0.338 e. The Balaban J connectivity index is 0.00000169. The molecule has 0 heterocycles. The van der Waals surface area contributed by atoms with E-state index >= 15 is 0 Å². The first-order valence-electron chi connectivity index (χ1n) is 3.46. The summed E-state index contributed by atoms with van der Waals surface area (Å²) in [6, 6.07) is 2.30. The number of carbonyl (C=O) groups is 1. The second-order valence-electron chi connectivity index (χ2n) is 2.42. The fourth-order valence-corrected chi connectivity index (χ4v) is 0.877. The Morgan fingerprint density at radius 3 is 2.43 bits per heavy atom. The van der Waals surface area contributed by atoms with Crippen molar-refractivity contribution in [2.45, 2.75) is 0 Å². The third kappa shape index (κ3) is 2.20. The molecule has 4 N–H and O–H groups in total. The van der Waals surface area contributed by atoms with Gasteiger partial charge in [0.15, 0.2) is 11.5 Å². The van der Waals surface area contributed by atoms with E-state index < -0.39 is 17.5 Å². The summed E-state index contributed by atoms with van der Waals surface area (Å²) in [4.78, 5) is 11.0. The van der Waals surface area contributed by atoms with Gasteiger partial charge in [-0.05, 0) is 12.1 Å². The number of phenols is 2. The monoisotopic (exact) mass is 219 g/mol. The Bertz CT molecular complexity index is 330. The van der Waals surface area contributed by atoms with Gasteiger partial charge in [0.2, 0.25) is 0 Å². The van der Waals surface area contributed by atoms with Gasteiger partial charge in [-0.2, -0.15) is 0 Å². The summed E-state index contributed by atoms with van der Waals surface area (Å²) >= 11 is 0. The van der Waals surface area contributed by atoms with Gasteiger partial charge < -0.3 is 20.7 Å². The first-order chi connectivity index (χ1) is 6.06. The Kier molecular flexibility index (Phi) is 4.04. The number of hydrogen-bond donors (Lipinski definition) is 3. The zero-order valence-electron chi connectivity index (χ0n) is 7.35. The number of rotatable bonds is 1. The van der Waals surface area contributed by atoms with Crippen molar-refractivity contribution in [3.05, 3.63) is 17.7 Å². The Hall–Kier alpha value is -1.62. The van der Waals surface area contributed by atoms with Crippen LogP contribution in [0.15, 0.2) is 12.1 Å². The zero-order valence-corrected chi connectivity index (χ0v) is 8.17. The van der Waals surface area contributed by atoms with Crippen LogP contribution >= 0.6 is 12.4 Å². The van der Waals surface area contributed by atoms with E-state index in [1.807, 2.05) is 0 Å². The van der Waals surface area contributed by atoms with E-state index in [1.54, 1.807) is 0 Å². The lowest BCUT2D eigenvalue weighted by Crippen LogP contribution is -2.02. The molecule has 0 saturated carbocycles. The van der Waals surface area contributed by atoms with Crippen molar-refractivity contribution in [3.8, 4) is 11.5 Å². The molecule has 1 rings (SSSR count). The van der Waals surface area contributed by atoms with Crippen molar-refractivity contribution in [2.24, 2.45) is 0 Å². The molecule has 14 heavy (non-hydrogen) atoms. The zero-order chi connectivity index (χ0) is 10.0. The molecule has 0 saturated heterocycles. The second-order valence-corrected chi connectivity index (χ2v) is 2.42. The van der Waals surface area contributed by atoms with E-state index in [-0.39, 0.29) is 23.7 Å². The molecule has 0 radical (unpaired) electrons. The fourth-order valence-electron chi connectivity index (χ4n) is 0.877. The predicted octanol–water partition coefficient (Wildman–Crippen LogP) is 0.888.